The molecule has 1 N–H and O–H groups in total. The van der Waals surface area contributed by atoms with Gasteiger partial charge in [-0.25, -0.2) is 0 Å². The number of benzene rings is 3. The molecule has 1 heterocycles. The molecule has 3 aromatic carbocycles. The summed E-state index contributed by atoms with van der Waals surface area (Å²) in [6.07, 6.45) is 0.188. The maximum Gasteiger partial charge on any atom is 0.229 e. The van der Waals surface area contributed by atoms with E-state index in [0.29, 0.717) is 31.4 Å². The summed E-state index contributed by atoms with van der Waals surface area (Å²) in [4.78, 5) is 27.0. The molecule has 0 spiro atoms. The highest BCUT2D eigenvalue weighted by Crippen LogP contribution is 2.28. The first kappa shape index (κ1) is 23.4. The van der Waals surface area contributed by atoms with E-state index in [1.54, 1.807) is 4.90 Å². The van der Waals surface area contributed by atoms with Crippen molar-refractivity contribution in [1.82, 2.24) is 0 Å². The molecule has 0 unspecified atom stereocenters. The molecule has 1 fully saturated rings. The molecule has 0 bridgehead atoms. The van der Waals surface area contributed by atoms with Gasteiger partial charge in [-0.2, -0.15) is 0 Å². The minimum atomic E-state index is -0.404. The van der Waals surface area contributed by atoms with Crippen LogP contribution < -0.4 is 19.7 Å². The highest BCUT2D eigenvalue weighted by molar-refractivity contribution is 6.03. The Balaban J connectivity index is 1.30. The predicted molar refractivity (Wildman–Crippen MR) is 133 cm³/mol. The van der Waals surface area contributed by atoms with Crippen LogP contribution in [0.15, 0.2) is 78.9 Å². The lowest BCUT2D eigenvalue weighted by Gasteiger charge is -2.17. The van der Waals surface area contributed by atoms with Gasteiger partial charge in [0, 0.05) is 24.3 Å². The number of carbonyl (C=O) groups excluding carboxylic acids is 2. The maximum atomic E-state index is 12.8. The summed E-state index contributed by atoms with van der Waals surface area (Å²) >= 11 is 0. The van der Waals surface area contributed by atoms with Crippen molar-refractivity contribution >= 4 is 23.2 Å². The number of hydrogen-bond donors (Lipinski definition) is 1. The van der Waals surface area contributed by atoms with Gasteiger partial charge in [0.05, 0.1) is 12.5 Å². The molecule has 6 nitrogen and oxygen atoms in total. The van der Waals surface area contributed by atoms with E-state index in [1.165, 1.54) is 0 Å². The summed E-state index contributed by atoms with van der Waals surface area (Å²) in [5, 5.41) is 2.92. The number of ether oxygens (including phenoxy) is 2. The summed E-state index contributed by atoms with van der Waals surface area (Å²) in [5.41, 5.74) is 2.54. The highest BCUT2D eigenvalue weighted by Gasteiger charge is 2.35. The molecular formula is C28H30N2O4. The molecule has 0 aliphatic carbocycles. The van der Waals surface area contributed by atoms with Gasteiger partial charge >= 0.3 is 0 Å². The molecule has 4 rings (SSSR count). The van der Waals surface area contributed by atoms with E-state index >= 15 is 0 Å². The fraction of sp³-hybridized carbons (Fsp3) is 0.286. The topological polar surface area (TPSA) is 67.9 Å². The standard InChI is InChI=1S/C28H30N2O4/c1-20(2)18-33-25-12-8-23(9-13-25)29-28(32)22-16-27(31)30(17-22)24-10-14-26(15-11-24)34-19-21-6-4-3-5-7-21/h3-15,20,22H,16-19H2,1-2H3,(H,29,32)/t22-/m1/s1. The van der Waals surface area contributed by atoms with Gasteiger partial charge in [-0.05, 0) is 60.0 Å². The average Bonchev–Trinajstić information content (AvgIpc) is 3.25. The third-order valence-electron chi connectivity index (χ3n) is 5.60. The van der Waals surface area contributed by atoms with Gasteiger partial charge in [-0.1, -0.05) is 44.2 Å². The van der Waals surface area contributed by atoms with Crippen molar-refractivity contribution in [2.75, 3.05) is 23.4 Å². The monoisotopic (exact) mass is 458 g/mol. The number of hydrogen-bond acceptors (Lipinski definition) is 4. The van der Waals surface area contributed by atoms with Crippen molar-refractivity contribution in [3.8, 4) is 11.5 Å². The zero-order chi connectivity index (χ0) is 23.9. The lowest BCUT2D eigenvalue weighted by molar-refractivity contribution is -0.122. The summed E-state index contributed by atoms with van der Waals surface area (Å²) in [6, 6.07) is 24.7. The van der Waals surface area contributed by atoms with Gasteiger partial charge in [0.25, 0.3) is 0 Å². The highest BCUT2D eigenvalue weighted by atomic mass is 16.5. The van der Waals surface area contributed by atoms with Gasteiger partial charge in [0.2, 0.25) is 11.8 Å². The van der Waals surface area contributed by atoms with Gasteiger partial charge in [0.1, 0.15) is 18.1 Å². The second kappa shape index (κ2) is 10.9. The molecule has 176 valence electrons. The van der Waals surface area contributed by atoms with Crippen LogP contribution in [0.4, 0.5) is 11.4 Å². The Morgan fingerprint density at radius 1 is 0.941 bits per heavy atom. The van der Waals surface area contributed by atoms with Crippen molar-refractivity contribution in [1.29, 1.82) is 0 Å². The van der Waals surface area contributed by atoms with Crippen molar-refractivity contribution in [2.45, 2.75) is 26.9 Å². The van der Waals surface area contributed by atoms with E-state index in [0.717, 1.165) is 22.7 Å². The molecule has 3 aromatic rings. The molecule has 1 saturated heterocycles. The van der Waals surface area contributed by atoms with Gasteiger partial charge in [0.15, 0.2) is 0 Å². The zero-order valence-corrected chi connectivity index (χ0v) is 19.6. The van der Waals surface area contributed by atoms with Crippen molar-refractivity contribution in [3.05, 3.63) is 84.4 Å². The Kier molecular flexibility index (Phi) is 7.48. The minimum absolute atomic E-state index is 0.0597. The van der Waals surface area contributed by atoms with Gasteiger partial charge in [-0.15, -0.1) is 0 Å². The van der Waals surface area contributed by atoms with Crippen molar-refractivity contribution < 1.29 is 19.1 Å². The Bertz CT molecular complexity index is 1100. The first-order valence-electron chi connectivity index (χ1n) is 11.6. The average molecular weight is 459 g/mol. The molecule has 34 heavy (non-hydrogen) atoms. The third-order valence-corrected chi connectivity index (χ3v) is 5.60. The largest absolute Gasteiger partial charge is 0.493 e. The van der Waals surface area contributed by atoms with Crippen LogP contribution in [0, 0.1) is 11.8 Å². The summed E-state index contributed by atoms with van der Waals surface area (Å²) in [5.74, 6) is 1.32. The summed E-state index contributed by atoms with van der Waals surface area (Å²) in [6.45, 7) is 5.66. The molecule has 1 aliphatic rings. The second-order valence-corrected chi connectivity index (χ2v) is 8.89. The molecule has 1 atom stereocenters. The first-order valence-corrected chi connectivity index (χ1v) is 11.6. The van der Waals surface area contributed by atoms with Crippen LogP contribution >= 0.6 is 0 Å². The second-order valence-electron chi connectivity index (χ2n) is 8.89. The van der Waals surface area contributed by atoms with Crippen molar-refractivity contribution in [2.24, 2.45) is 11.8 Å². The Labute approximate surface area is 200 Å². The SMILES string of the molecule is CC(C)COc1ccc(NC(=O)[C@@H]2CC(=O)N(c3ccc(OCc4ccccc4)cc3)C2)cc1. The lowest BCUT2D eigenvalue weighted by Crippen LogP contribution is -2.28. The normalized spacial score (nSPS) is 15.4. The van der Waals surface area contributed by atoms with Crippen LogP contribution in [0.25, 0.3) is 0 Å². The van der Waals surface area contributed by atoms with Crippen LogP contribution in [-0.2, 0) is 16.2 Å². The molecule has 2 amide bonds. The van der Waals surface area contributed by atoms with Gasteiger partial charge < -0.3 is 19.7 Å². The van der Waals surface area contributed by atoms with E-state index in [2.05, 4.69) is 19.2 Å². The lowest BCUT2D eigenvalue weighted by atomic mass is 10.1. The van der Waals surface area contributed by atoms with E-state index < -0.39 is 5.92 Å². The number of nitrogens with one attached hydrogen (secondary N) is 1. The molecule has 6 heteroatoms. The third kappa shape index (κ3) is 6.16. The van der Waals surface area contributed by atoms with E-state index in [9.17, 15) is 9.59 Å². The van der Waals surface area contributed by atoms with Crippen LogP contribution in [-0.4, -0.2) is 25.0 Å². The molecule has 0 radical (unpaired) electrons. The van der Waals surface area contributed by atoms with Crippen LogP contribution in [0.5, 0.6) is 11.5 Å². The number of nitrogens with zero attached hydrogens (tertiary/aromatic N) is 1. The minimum Gasteiger partial charge on any atom is -0.493 e. The quantitative estimate of drug-likeness (QED) is 0.473. The summed E-state index contributed by atoms with van der Waals surface area (Å²) in [7, 11) is 0. The fourth-order valence-corrected chi connectivity index (χ4v) is 3.74. The number of carbonyl (C=O) groups is 2. The van der Waals surface area contributed by atoms with Crippen LogP contribution in [0.2, 0.25) is 0 Å². The number of amides is 2. The smallest absolute Gasteiger partial charge is 0.229 e. The number of rotatable bonds is 9. The molecule has 1 aliphatic heterocycles. The van der Waals surface area contributed by atoms with Gasteiger partial charge in [-0.3, -0.25) is 9.59 Å². The Morgan fingerprint density at radius 3 is 2.26 bits per heavy atom. The zero-order valence-electron chi connectivity index (χ0n) is 19.6. The molecule has 0 aromatic heterocycles. The Morgan fingerprint density at radius 2 is 1.59 bits per heavy atom. The van der Waals surface area contributed by atoms with E-state index in [4.69, 9.17) is 9.47 Å². The Hall–Kier alpha value is -3.80. The van der Waals surface area contributed by atoms with Crippen LogP contribution in [0.1, 0.15) is 25.8 Å². The van der Waals surface area contributed by atoms with Crippen LogP contribution in [0.3, 0.4) is 0 Å². The first-order chi connectivity index (χ1) is 16.5. The summed E-state index contributed by atoms with van der Waals surface area (Å²) < 4.78 is 11.5. The number of anilines is 2. The predicted octanol–water partition coefficient (Wildman–Crippen LogP) is 5.29. The molecular weight excluding hydrogens is 428 g/mol. The van der Waals surface area contributed by atoms with E-state index in [-0.39, 0.29) is 18.2 Å². The fourth-order valence-electron chi connectivity index (χ4n) is 3.74. The molecule has 0 saturated carbocycles. The maximum absolute atomic E-state index is 12.8. The van der Waals surface area contributed by atoms with Crippen molar-refractivity contribution in [3.63, 3.8) is 0 Å². The van der Waals surface area contributed by atoms with E-state index in [1.807, 2.05) is 78.9 Å².